The lowest BCUT2D eigenvalue weighted by Gasteiger charge is -2.09. The number of carbonyl (C=O) groups is 1. The molecule has 102 valence electrons. The van der Waals surface area contributed by atoms with E-state index in [9.17, 15) is 4.79 Å². The molecule has 0 saturated heterocycles. The molecule has 0 N–H and O–H groups in total. The van der Waals surface area contributed by atoms with Gasteiger partial charge in [0.05, 0.1) is 30.5 Å². The molecule has 0 radical (unpaired) electrons. The van der Waals surface area contributed by atoms with Crippen molar-refractivity contribution >= 4 is 22.6 Å². The van der Waals surface area contributed by atoms with E-state index in [2.05, 4.69) is 19.7 Å². The van der Waals surface area contributed by atoms with Crippen LogP contribution in [0.4, 0.5) is 5.69 Å². The molecule has 0 bridgehead atoms. The standard InChI is InChI=1S/C13H12N4O3/c1-19-7-8-4-3-5-9-11(8)15-6-10(13(18)20-2)12(9)16-17-14/h3-6H,7H2,1-2H3. The van der Waals surface area contributed by atoms with Crippen molar-refractivity contribution < 1.29 is 14.3 Å². The van der Waals surface area contributed by atoms with Crippen molar-refractivity contribution in [2.45, 2.75) is 6.61 Å². The third kappa shape index (κ3) is 2.40. The molecule has 0 amide bonds. The highest BCUT2D eigenvalue weighted by Crippen LogP contribution is 2.31. The van der Waals surface area contributed by atoms with Crippen LogP contribution < -0.4 is 0 Å². The van der Waals surface area contributed by atoms with Crippen molar-refractivity contribution in [1.29, 1.82) is 0 Å². The Morgan fingerprint density at radius 2 is 2.25 bits per heavy atom. The minimum absolute atomic E-state index is 0.132. The number of aromatic nitrogens is 1. The van der Waals surface area contributed by atoms with Gasteiger partial charge in [-0.05, 0) is 5.53 Å². The van der Waals surface area contributed by atoms with E-state index in [1.54, 1.807) is 19.2 Å². The fraction of sp³-hybridized carbons (Fsp3) is 0.231. The van der Waals surface area contributed by atoms with E-state index in [1.807, 2.05) is 6.07 Å². The Bertz CT molecular complexity index is 708. The first-order valence-electron chi connectivity index (χ1n) is 5.76. The van der Waals surface area contributed by atoms with Crippen LogP contribution in [0.2, 0.25) is 0 Å². The lowest BCUT2D eigenvalue weighted by Crippen LogP contribution is -2.03. The molecule has 7 nitrogen and oxygen atoms in total. The van der Waals surface area contributed by atoms with Gasteiger partial charge < -0.3 is 9.47 Å². The van der Waals surface area contributed by atoms with Crippen LogP contribution in [0.5, 0.6) is 0 Å². The number of rotatable bonds is 4. The summed E-state index contributed by atoms with van der Waals surface area (Å²) in [6.07, 6.45) is 1.34. The first kappa shape index (κ1) is 13.8. The molecule has 0 spiro atoms. The number of hydrogen-bond donors (Lipinski definition) is 0. The van der Waals surface area contributed by atoms with Gasteiger partial charge in [-0.15, -0.1) is 0 Å². The van der Waals surface area contributed by atoms with Crippen LogP contribution in [0.15, 0.2) is 29.5 Å². The minimum atomic E-state index is -0.598. The Morgan fingerprint density at radius 1 is 1.45 bits per heavy atom. The first-order valence-corrected chi connectivity index (χ1v) is 5.76. The Balaban J connectivity index is 2.78. The highest BCUT2D eigenvalue weighted by molar-refractivity contribution is 6.04. The molecule has 0 unspecified atom stereocenters. The van der Waals surface area contributed by atoms with Gasteiger partial charge in [-0.2, -0.15) is 0 Å². The lowest BCUT2D eigenvalue weighted by molar-refractivity contribution is 0.0601. The molecule has 0 fully saturated rings. The van der Waals surface area contributed by atoms with Crippen LogP contribution in [-0.4, -0.2) is 25.2 Å². The number of methoxy groups -OCH3 is 2. The van der Waals surface area contributed by atoms with Crippen LogP contribution >= 0.6 is 0 Å². The maximum atomic E-state index is 11.7. The average molecular weight is 272 g/mol. The van der Waals surface area contributed by atoms with Crippen molar-refractivity contribution in [1.82, 2.24) is 4.98 Å². The molecular formula is C13H12N4O3. The molecular weight excluding hydrogens is 260 g/mol. The van der Waals surface area contributed by atoms with Gasteiger partial charge in [0, 0.05) is 29.2 Å². The number of azide groups is 1. The number of benzene rings is 1. The van der Waals surface area contributed by atoms with Crippen molar-refractivity contribution in [3.63, 3.8) is 0 Å². The average Bonchev–Trinajstić information content (AvgIpc) is 2.48. The van der Waals surface area contributed by atoms with Gasteiger partial charge in [0.15, 0.2) is 0 Å². The summed E-state index contributed by atoms with van der Waals surface area (Å²) in [7, 11) is 2.84. The van der Waals surface area contributed by atoms with Crippen LogP contribution in [0.3, 0.4) is 0 Å². The number of fused-ring (bicyclic) bond motifs is 1. The number of hydrogen-bond acceptors (Lipinski definition) is 5. The zero-order chi connectivity index (χ0) is 14.5. The van der Waals surface area contributed by atoms with E-state index in [-0.39, 0.29) is 11.3 Å². The molecule has 0 aliphatic rings. The summed E-state index contributed by atoms with van der Waals surface area (Å²) < 4.78 is 9.76. The maximum Gasteiger partial charge on any atom is 0.339 e. The molecule has 1 aromatic carbocycles. The van der Waals surface area contributed by atoms with Crippen LogP contribution in [0.25, 0.3) is 21.3 Å². The summed E-state index contributed by atoms with van der Waals surface area (Å²) in [4.78, 5) is 18.7. The normalized spacial score (nSPS) is 10.1. The second-order valence-electron chi connectivity index (χ2n) is 3.95. The van der Waals surface area contributed by atoms with Gasteiger partial charge in [0.2, 0.25) is 0 Å². The Morgan fingerprint density at radius 3 is 2.90 bits per heavy atom. The van der Waals surface area contributed by atoms with Crippen molar-refractivity contribution in [2.24, 2.45) is 5.11 Å². The third-order valence-electron chi connectivity index (χ3n) is 2.80. The zero-order valence-corrected chi connectivity index (χ0v) is 11.0. The summed E-state index contributed by atoms with van der Waals surface area (Å²) in [5.74, 6) is -0.598. The van der Waals surface area contributed by atoms with E-state index in [4.69, 9.17) is 10.3 Å². The molecule has 1 aromatic heterocycles. The van der Waals surface area contributed by atoms with E-state index in [1.165, 1.54) is 13.3 Å². The van der Waals surface area contributed by atoms with Crippen LogP contribution in [0.1, 0.15) is 15.9 Å². The van der Waals surface area contributed by atoms with Crippen LogP contribution in [-0.2, 0) is 16.1 Å². The monoisotopic (exact) mass is 272 g/mol. The van der Waals surface area contributed by atoms with Gasteiger partial charge >= 0.3 is 5.97 Å². The van der Waals surface area contributed by atoms with Crippen LogP contribution in [0, 0.1) is 0 Å². The van der Waals surface area contributed by atoms with E-state index < -0.39 is 5.97 Å². The Kier molecular flexibility index (Phi) is 4.14. The highest BCUT2D eigenvalue weighted by Gasteiger charge is 2.16. The van der Waals surface area contributed by atoms with Crippen molar-refractivity contribution in [3.8, 4) is 0 Å². The molecule has 7 heteroatoms. The summed E-state index contributed by atoms with van der Waals surface area (Å²) >= 11 is 0. The molecule has 1 heterocycles. The second-order valence-corrected chi connectivity index (χ2v) is 3.95. The van der Waals surface area contributed by atoms with Gasteiger partial charge in [-0.1, -0.05) is 23.3 Å². The largest absolute Gasteiger partial charge is 0.465 e. The molecule has 2 aromatic rings. The number of esters is 1. The van der Waals surface area contributed by atoms with Crippen molar-refractivity contribution in [3.05, 3.63) is 46.0 Å². The van der Waals surface area contributed by atoms with E-state index in [0.29, 0.717) is 17.5 Å². The summed E-state index contributed by atoms with van der Waals surface area (Å²) in [5, 5.41) is 4.19. The zero-order valence-electron chi connectivity index (χ0n) is 11.0. The SMILES string of the molecule is COCc1cccc2c(N=[N+]=[N-])c(C(=O)OC)cnc12. The summed E-state index contributed by atoms with van der Waals surface area (Å²) in [6.45, 7) is 0.373. The number of carbonyl (C=O) groups excluding carboxylic acids is 1. The molecule has 0 saturated carbocycles. The summed E-state index contributed by atoms with van der Waals surface area (Å²) in [5.41, 5.74) is 10.5. The fourth-order valence-electron chi connectivity index (χ4n) is 1.95. The smallest absolute Gasteiger partial charge is 0.339 e. The van der Waals surface area contributed by atoms with Crippen molar-refractivity contribution in [2.75, 3.05) is 14.2 Å². The number of nitrogens with zero attached hydrogens (tertiary/aromatic N) is 4. The minimum Gasteiger partial charge on any atom is -0.465 e. The van der Waals surface area contributed by atoms with Gasteiger partial charge in [0.25, 0.3) is 0 Å². The van der Waals surface area contributed by atoms with E-state index in [0.717, 1.165) is 5.56 Å². The number of ether oxygens (including phenoxy) is 2. The third-order valence-corrected chi connectivity index (χ3v) is 2.80. The van der Waals surface area contributed by atoms with Gasteiger partial charge in [-0.3, -0.25) is 4.98 Å². The quantitative estimate of drug-likeness (QED) is 0.369. The molecule has 0 aliphatic carbocycles. The maximum absolute atomic E-state index is 11.7. The Hall–Kier alpha value is -2.63. The topological polar surface area (TPSA) is 97.2 Å². The molecule has 20 heavy (non-hydrogen) atoms. The molecule has 0 aliphatic heterocycles. The fourth-order valence-corrected chi connectivity index (χ4v) is 1.95. The van der Waals surface area contributed by atoms with Gasteiger partial charge in [-0.25, -0.2) is 4.79 Å². The molecule has 0 atom stereocenters. The second kappa shape index (κ2) is 6.01. The summed E-state index contributed by atoms with van der Waals surface area (Å²) in [6, 6.07) is 5.38. The predicted octanol–water partition coefficient (Wildman–Crippen LogP) is 3.11. The number of para-hydroxylation sites is 1. The van der Waals surface area contributed by atoms with Gasteiger partial charge in [0.1, 0.15) is 0 Å². The highest BCUT2D eigenvalue weighted by atomic mass is 16.5. The first-order chi connectivity index (χ1) is 9.72. The van der Waals surface area contributed by atoms with E-state index >= 15 is 0 Å². The Labute approximate surface area is 114 Å². The molecule has 2 rings (SSSR count). The predicted molar refractivity (Wildman–Crippen MR) is 72.6 cm³/mol. The lowest BCUT2D eigenvalue weighted by atomic mass is 10.1. The number of pyridine rings is 1.